The highest BCUT2D eigenvalue weighted by Gasteiger charge is 2.20. The molecular formula is C17H29NO. The molecule has 0 saturated carbocycles. The van der Waals surface area contributed by atoms with Gasteiger partial charge in [-0.1, -0.05) is 39.8 Å². The lowest BCUT2D eigenvalue weighted by Crippen LogP contribution is -2.26. The summed E-state index contributed by atoms with van der Waals surface area (Å²) < 4.78 is 5.34. The first kappa shape index (κ1) is 16.0. The van der Waals surface area contributed by atoms with Crippen LogP contribution < -0.4 is 10.1 Å². The minimum absolute atomic E-state index is 0.319. The van der Waals surface area contributed by atoms with E-state index in [0.717, 1.165) is 25.1 Å². The van der Waals surface area contributed by atoms with Crippen LogP contribution in [-0.4, -0.2) is 13.7 Å². The molecule has 0 spiro atoms. The number of nitrogens with one attached hydrogen (secondary N) is 1. The smallest absolute Gasteiger partial charge is 0.121 e. The molecule has 0 heterocycles. The normalized spacial score (nSPS) is 13.4. The van der Waals surface area contributed by atoms with Crippen molar-refractivity contribution in [2.45, 2.75) is 53.5 Å². The molecule has 1 unspecified atom stereocenters. The minimum atomic E-state index is 0.319. The molecule has 0 aliphatic carbocycles. The summed E-state index contributed by atoms with van der Waals surface area (Å²) in [5.41, 5.74) is 2.89. The fourth-order valence-corrected chi connectivity index (χ4v) is 2.36. The second-order valence-electron chi connectivity index (χ2n) is 6.50. The number of hydrogen-bond donors (Lipinski definition) is 1. The van der Waals surface area contributed by atoms with Crippen LogP contribution in [0.2, 0.25) is 0 Å². The van der Waals surface area contributed by atoms with Crippen LogP contribution in [0.25, 0.3) is 0 Å². The van der Waals surface area contributed by atoms with Crippen LogP contribution in [0.4, 0.5) is 0 Å². The molecule has 0 amide bonds. The zero-order valence-corrected chi connectivity index (χ0v) is 13.3. The Morgan fingerprint density at radius 1 is 1.26 bits per heavy atom. The molecule has 2 heteroatoms. The summed E-state index contributed by atoms with van der Waals surface area (Å²) in [4.78, 5) is 0. The fraction of sp³-hybridized carbons (Fsp3) is 0.647. The van der Waals surface area contributed by atoms with Crippen molar-refractivity contribution in [2.75, 3.05) is 13.7 Å². The van der Waals surface area contributed by atoms with Gasteiger partial charge in [-0.25, -0.2) is 0 Å². The van der Waals surface area contributed by atoms with Crippen LogP contribution >= 0.6 is 0 Å². The summed E-state index contributed by atoms with van der Waals surface area (Å²) in [6.07, 6.45) is 2.30. The van der Waals surface area contributed by atoms with E-state index < -0.39 is 0 Å². The Hall–Kier alpha value is -1.02. The molecule has 0 radical (unpaired) electrons. The van der Waals surface area contributed by atoms with Crippen LogP contribution in [0.5, 0.6) is 5.75 Å². The van der Waals surface area contributed by atoms with Crippen molar-refractivity contribution >= 4 is 0 Å². The molecule has 1 aromatic carbocycles. The molecule has 0 saturated heterocycles. The first-order valence-electron chi connectivity index (χ1n) is 7.25. The Kier molecular flexibility index (Phi) is 5.86. The molecule has 1 rings (SSSR count). The molecule has 1 N–H and O–H groups in total. The molecule has 108 valence electrons. The summed E-state index contributed by atoms with van der Waals surface area (Å²) in [5, 5.41) is 3.67. The molecule has 0 aliphatic heterocycles. The Labute approximate surface area is 118 Å². The average Bonchev–Trinajstić information content (AvgIpc) is 2.33. The van der Waals surface area contributed by atoms with Gasteiger partial charge in [0.2, 0.25) is 0 Å². The van der Waals surface area contributed by atoms with Crippen molar-refractivity contribution < 1.29 is 4.74 Å². The van der Waals surface area contributed by atoms with Crippen molar-refractivity contribution in [3.63, 3.8) is 0 Å². The van der Waals surface area contributed by atoms with Crippen molar-refractivity contribution in [3.05, 3.63) is 29.3 Å². The van der Waals surface area contributed by atoms with Crippen molar-refractivity contribution in [1.29, 1.82) is 0 Å². The first-order chi connectivity index (χ1) is 8.87. The molecule has 0 aromatic heterocycles. The standard InChI is InChI=1S/C17H29NO/c1-7-10-18-15(12-17(3,4)5)14-8-9-16(19-6)13(2)11-14/h8-9,11,15,18H,7,10,12H2,1-6H3. The zero-order valence-electron chi connectivity index (χ0n) is 13.3. The Balaban J connectivity index is 2.93. The predicted octanol–water partition coefficient (Wildman–Crippen LogP) is 4.48. The van der Waals surface area contributed by atoms with E-state index in [0.29, 0.717) is 11.5 Å². The van der Waals surface area contributed by atoms with Gasteiger partial charge in [-0.3, -0.25) is 0 Å². The van der Waals surface area contributed by atoms with E-state index >= 15 is 0 Å². The van der Waals surface area contributed by atoms with Gasteiger partial charge in [-0.15, -0.1) is 0 Å². The summed E-state index contributed by atoms with van der Waals surface area (Å²) in [5.74, 6) is 0.966. The van der Waals surface area contributed by atoms with Crippen LogP contribution in [0.15, 0.2) is 18.2 Å². The average molecular weight is 263 g/mol. The van der Waals surface area contributed by atoms with E-state index in [1.165, 1.54) is 11.1 Å². The lowest BCUT2D eigenvalue weighted by atomic mass is 9.85. The largest absolute Gasteiger partial charge is 0.496 e. The molecule has 2 nitrogen and oxygen atoms in total. The van der Waals surface area contributed by atoms with Crippen LogP contribution in [0.3, 0.4) is 0 Å². The van der Waals surface area contributed by atoms with Gasteiger partial charge in [0.25, 0.3) is 0 Å². The molecular weight excluding hydrogens is 234 g/mol. The van der Waals surface area contributed by atoms with E-state index in [1.807, 2.05) is 0 Å². The van der Waals surface area contributed by atoms with E-state index in [-0.39, 0.29) is 0 Å². The van der Waals surface area contributed by atoms with Gasteiger partial charge in [0.15, 0.2) is 0 Å². The highest BCUT2D eigenvalue weighted by Crippen LogP contribution is 2.31. The Morgan fingerprint density at radius 2 is 1.95 bits per heavy atom. The molecule has 1 aromatic rings. The summed E-state index contributed by atoms with van der Waals surface area (Å²) in [6, 6.07) is 6.93. The van der Waals surface area contributed by atoms with Gasteiger partial charge in [-0.05, 0) is 48.9 Å². The topological polar surface area (TPSA) is 21.3 Å². The van der Waals surface area contributed by atoms with Crippen molar-refractivity contribution in [1.82, 2.24) is 5.32 Å². The maximum Gasteiger partial charge on any atom is 0.121 e. The van der Waals surface area contributed by atoms with Crippen LogP contribution in [-0.2, 0) is 0 Å². The Bertz CT molecular complexity index is 393. The number of aryl methyl sites for hydroxylation is 1. The van der Waals surface area contributed by atoms with Crippen molar-refractivity contribution in [2.24, 2.45) is 5.41 Å². The lowest BCUT2D eigenvalue weighted by Gasteiger charge is -2.27. The van der Waals surface area contributed by atoms with Gasteiger partial charge >= 0.3 is 0 Å². The van der Waals surface area contributed by atoms with Gasteiger partial charge in [0, 0.05) is 6.04 Å². The minimum Gasteiger partial charge on any atom is -0.496 e. The number of benzene rings is 1. The number of rotatable bonds is 6. The van der Waals surface area contributed by atoms with Gasteiger partial charge < -0.3 is 10.1 Å². The van der Waals surface area contributed by atoms with Crippen LogP contribution in [0.1, 0.15) is 57.7 Å². The van der Waals surface area contributed by atoms with E-state index in [1.54, 1.807) is 7.11 Å². The summed E-state index contributed by atoms with van der Waals surface area (Å²) >= 11 is 0. The van der Waals surface area contributed by atoms with Gasteiger partial charge in [0.05, 0.1) is 7.11 Å². The van der Waals surface area contributed by atoms with Gasteiger partial charge in [0.1, 0.15) is 5.75 Å². The fourth-order valence-electron chi connectivity index (χ4n) is 2.36. The number of methoxy groups -OCH3 is 1. The zero-order chi connectivity index (χ0) is 14.5. The molecule has 19 heavy (non-hydrogen) atoms. The molecule has 1 atom stereocenters. The van der Waals surface area contributed by atoms with Gasteiger partial charge in [-0.2, -0.15) is 0 Å². The van der Waals surface area contributed by atoms with Crippen molar-refractivity contribution in [3.8, 4) is 5.75 Å². The third kappa shape index (κ3) is 5.23. The molecule has 0 aliphatic rings. The monoisotopic (exact) mass is 263 g/mol. The maximum absolute atomic E-state index is 5.34. The van der Waals surface area contributed by atoms with E-state index in [4.69, 9.17) is 4.74 Å². The van der Waals surface area contributed by atoms with Crippen LogP contribution in [0, 0.1) is 12.3 Å². The summed E-state index contributed by atoms with van der Waals surface area (Å²) in [6.45, 7) is 12.3. The molecule has 0 fully saturated rings. The Morgan fingerprint density at radius 3 is 2.42 bits per heavy atom. The third-order valence-electron chi connectivity index (χ3n) is 3.28. The maximum atomic E-state index is 5.34. The first-order valence-corrected chi connectivity index (χ1v) is 7.25. The lowest BCUT2D eigenvalue weighted by molar-refractivity contribution is 0.311. The highest BCUT2D eigenvalue weighted by molar-refractivity contribution is 5.37. The van der Waals surface area contributed by atoms with E-state index in [9.17, 15) is 0 Å². The SMILES string of the molecule is CCCNC(CC(C)(C)C)c1ccc(OC)c(C)c1. The number of ether oxygens (including phenoxy) is 1. The summed E-state index contributed by atoms with van der Waals surface area (Å²) in [7, 11) is 1.73. The molecule has 0 bridgehead atoms. The second kappa shape index (κ2) is 6.95. The quantitative estimate of drug-likeness (QED) is 0.817. The third-order valence-corrected chi connectivity index (χ3v) is 3.28. The second-order valence-corrected chi connectivity index (χ2v) is 6.50. The highest BCUT2D eigenvalue weighted by atomic mass is 16.5. The predicted molar refractivity (Wildman–Crippen MR) is 82.8 cm³/mol. The van der Waals surface area contributed by atoms with E-state index in [2.05, 4.69) is 58.1 Å². The number of hydrogen-bond acceptors (Lipinski definition) is 2.